The Balaban J connectivity index is 2.06. The molecule has 1 aromatic rings. The second-order valence-electron chi connectivity index (χ2n) is 6.22. The summed E-state index contributed by atoms with van der Waals surface area (Å²) in [5, 5.41) is 3.74. The Labute approximate surface area is 111 Å². The minimum Gasteiger partial charge on any atom is -0.313 e. The van der Waals surface area contributed by atoms with Crippen LogP contribution in [0.1, 0.15) is 50.7 Å². The summed E-state index contributed by atoms with van der Waals surface area (Å²) in [5.74, 6) is 0.785. The molecule has 0 amide bonds. The van der Waals surface area contributed by atoms with Gasteiger partial charge in [0.1, 0.15) is 0 Å². The van der Waals surface area contributed by atoms with Crippen LogP contribution in [0.5, 0.6) is 0 Å². The summed E-state index contributed by atoms with van der Waals surface area (Å²) in [5.41, 5.74) is 3.73. The van der Waals surface area contributed by atoms with Gasteiger partial charge in [0.2, 0.25) is 0 Å². The number of unbranched alkanes of at least 4 members (excludes halogenated alkanes) is 1. The van der Waals surface area contributed by atoms with Gasteiger partial charge in [0.05, 0.1) is 0 Å². The van der Waals surface area contributed by atoms with E-state index in [1.54, 1.807) is 11.1 Å². The van der Waals surface area contributed by atoms with E-state index in [1.807, 2.05) is 0 Å². The van der Waals surface area contributed by atoms with Crippen molar-refractivity contribution in [3.8, 4) is 0 Å². The summed E-state index contributed by atoms with van der Waals surface area (Å²) in [6, 6.07) is 9.90. The number of fused-ring (bicyclic) bond motifs is 4. The number of piperidine rings is 1. The van der Waals surface area contributed by atoms with E-state index < -0.39 is 0 Å². The minimum atomic E-state index is 0.459. The van der Waals surface area contributed by atoms with E-state index in [0.29, 0.717) is 11.5 Å². The van der Waals surface area contributed by atoms with E-state index in [4.69, 9.17) is 0 Å². The van der Waals surface area contributed by atoms with Crippen LogP contribution in [0, 0.1) is 5.92 Å². The van der Waals surface area contributed by atoms with E-state index >= 15 is 0 Å². The molecule has 3 atom stereocenters. The maximum absolute atomic E-state index is 3.74. The van der Waals surface area contributed by atoms with Crippen LogP contribution >= 0.6 is 0 Å². The molecule has 1 unspecified atom stereocenters. The van der Waals surface area contributed by atoms with E-state index in [1.165, 1.54) is 38.6 Å². The lowest BCUT2D eigenvalue weighted by atomic mass is 9.56. The zero-order chi connectivity index (χ0) is 12.6. The molecule has 1 N–H and O–H groups in total. The molecule has 1 saturated heterocycles. The van der Waals surface area contributed by atoms with E-state index in [0.717, 1.165) is 5.92 Å². The van der Waals surface area contributed by atoms with Crippen LogP contribution in [-0.2, 0) is 11.8 Å². The van der Waals surface area contributed by atoms with Gasteiger partial charge in [-0.25, -0.2) is 0 Å². The number of nitrogens with one attached hydrogen (secondary N) is 1. The Morgan fingerprint density at radius 1 is 1.33 bits per heavy atom. The van der Waals surface area contributed by atoms with Gasteiger partial charge in [-0.15, -0.1) is 0 Å². The van der Waals surface area contributed by atoms with Crippen molar-refractivity contribution in [3.63, 3.8) is 0 Å². The van der Waals surface area contributed by atoms with Crippen LogP contribution in [-0.4, -0.2) is 12.6 Å². The lowest BCUT2D eigenvalue weighted by Gasteiger charge is -2.52. The molecule has 98 valence electrons. The summed E-state index contributed by atoms with van der Waals surface area (Å²) in [6.07, 6.45) is 6.60. The van der Waals surface area contributed by atoms with Crippen molar-refractivity contribution in [3.05, 3.63) is 35.4 Å². The predicted molar refractivity (Wildman–Crippen MR) is 76.9 cm³/mol. The summed E-state index contributed by atoms with van der Waals surface area (Å²) in [6.45, 7) is 5.99. The third-order valence-corrected chi connectivity index (χ3v) is 5.42. The summed E-state index contributed by atoms with van der Waals surface area (Å²) in [7, 11) is 0. The molecule has 1 aliphatic carbocycles. The molecule has 0 saturated carbocycles. The Morgan fingerprint density at radius 3 is 3.00 bits per heavy atom. The van der Waals surface area contributed by atoms with E-state index in [9.17, 15) is 0 Å². The van der Waals surface area contributed by atoms with Gasteiger partial charge < -0.3 is 5.32 Å². The molecular weight excluding hydrogens is 218 g/mol. The molecule has 0 spiro atoms. The second kappa shape index (κ2) is 4.70. The molecule has 0 radical (unpaired) electrons. The van der Waals surface area contributed by atoms with Crippen molar-refractivity contribution in [2.45, 2.75) is 57.4 Å². The first-order chi connectivity index (χ1) is 8.78. The average molecular weight is 243 g/mol. The summed E-state index contributed by atoms with van der Waals surface area (Å²) in [4.78, 5) is 0. The first-order valence-electron chi connectivity index (χ1n) is 7.59. The highest BCUT2D eigenvalue weighted by atomic mass is 14.9. The molecule has 18 heavy (non-hydrogen) atoms. The lowest BCUT2D eigenvalue weighted by molar-refractivity contribution is 0.129. The van der Waals surface area contributed by atoms with Crippen molar-refractivity contribution >= 4 is 0 Å². The summed E-state index contributed by atoms with van der Waals surface area (Å²) < 4.78 is 0. The van der Waals surface area contributed by atoms with Crippen molar-refractivity contribution in [2.24, 2.45) is 5.92 Å². The number of hydrogen-bond donors (Lipinski definition) is 1. The van der Waals surface area contributed by atoms with Crippen molar-refractivity contribution in [1.29, 1.82) is 0 Å². The maximum atomic E-state index is 3.74. The maximum Gasteiger partial charge on any atom is 0.0142 e. The van der Waals surface area contributed by atoms with Crippen LogP contribution in [0.2, 0.25) is 0 Å². The van der Waals surface area contributed by atoms with Crippen LogP contribution in [0.25, 0.3) is 0 Å². The van der Waals surface area contributed by atoms with Gasteiger partial charge in [-0.05, 0) is 42.9 Å². The van der Waals surface area contributed by atoms with Gasteiger partial charge in [-0.1, -0.05) is 51.0 Å². The van der Waals surface area contributed by atoms with Crippen molar-refractivity contribution < 1.29 is 0 Å². The number of benzene rings is 1. The first kappa shape index (κ1) is 12.2. The molecule has 1 aliphatic heterocycles. The number of hydrogen-bond acceptors (Lipinski definition) is 1. The van der Waals surface area contributed by atoms with Gasteiger partial charge in [0, 0.05) is 11.5 Å². The highest BCUT2D eigenvalue weighted by Crippen LogP contribution is 2.49. The highest BCUT2D eigenvalue weighted by molar-refractivity contribution is 5.40. The average Bonchev–Trinajstić information content (AvgIpc) is 2.38. The Morgan fingerprint density at radius 2 is 2.17 bits per heavy atom. The quantitative estimate of drug-likeness (QED) is 0.854. The van der Waals surface area contributed by atoms with Crippen molar-refractivity contribution in [1.82, 2.24) is 5.32 Å². The minimum absolute atomic E-state index is 0.459. The molecule has 1 heteroatoms. The van der Waals surface area contributed by atoms with Crippen LogP contribution in [0.4, 0.5) is 0 Å². The Hall–Kier alpha value is -0.820. The molecule has 1 fully saturated rings. The van der Waals surface area contributed by atoms with Crippen LogP contribution in [0.15, 0.2) is 24.3 Å². The molecule has 3 rings (SSSR count). The zero-order valence-electron chi connectivity index (χ0n) is 11.7. The number of rotatable bonds is 3. The topological polar surface area (TPSA) is 12.0 Å². The predicted octanol–water partition coefficient (Wildman–Crippen LogP) is 3.67. The molecule has 2 bridgehead atoms. The largest absolute Gasteiger partial charge is 0.313 e. The molecule has 1 nitrogen and oxygen atoms in total. The monoisotopic (exact) mass is 243 g/mol. The van der Waals surface area contributed by atoms with Gasteiger partial charge in [-0.3, -0.25) is 0 Å². The Bertz CT molecular complexity index is 425. The molecule has 1 aromatic carbocycles. The molecule has 0 aromatic heterocycles. The van der Waals surface area contributed by atoms with E-state index in [-0.39, 0.29) is 0 Å². The van der Waals surface area contributed by atoms with Crippen molar-refractivity contribution in [2.75, 3.05) is 6.54 Å². The fraction of sp³-hybridized carbons (Fsp3) is 0.647. The third-order valence-electron chi connectivity index (χ3n) is 5.42. The normalized spacial score (nSPS) is 34.1. The standard InChI is InChI=1S/C17H25N/c1-3-4-9-17-10-11-18-16(13(17)2)12-14-7-5-6-8-15(14)17/h5-8,13,16,18H,3-4,9-12H2,1-2H3/t13?,16-,17-/m0/s1. The third kappa shape index (κ3) is 1.72. The fourth-order valence-electron chi connectivity index (χ4n) is 4.30. The SMILES string of the molecule is CCCC[C@@]12CCN[C@@H](Cc3ccccc31)C2C. The van der Waals surface area contributed by atoms with Gasteiger partial charge in [0.25, 0.3) is 0 Å². The first-order valence-corrected chi connectivity index (χ1v) is 7.59. The summed E-state index contributed by atoms with van der Waals surface area (Å²) >= 11 is 0. The smallest absolute Gasteiger partial charge is 0.0142 e. The van der Waals surface area contributed by atoms with Crippen LogP contribution in [0.3, 0.4) is 0 Å². The fourth-order valence-corrected chi connectivity index (χ4v) is 4.30. The van der Waals surface area contributed by atoms with Crippen LogP contribution < -0.4 is 5.32 Å². The molecule has 1 heterocycles. The van der Waals surface area contributed by atoms with E-state index in [2.05, 4.69) is 43.4 Å². The van der Waals surface area contributed by atoms with Gasteiger partial charge >= 0.3 is 0 Å². The zero-order valence-corrected chi connectivity index (χ0v) is 11.7. The lowest BCUT2D eigenvalue weighted by Crippen LogP contribution is -2.57. The second-order valence-corrected chi connectivity index (χ2v) is 6.22. The molecule has 2 aliphatic rings. The highest BCUT2D eigenvalue weighted by Gasteiger charge is 2.47. The Kier molecular flexibility index (Phi) is 3.19. The van der Waals surface area contributed by atoms with Gasteiger partial charge in [-0.2, -0.15) is 0 Å². The van der Waals surface area contributed by atoms with Gasteiger partial charge in [0.15, 0.2) is 0 Å². The molecular formula is C17H25N.